The van der Waals surface area contributed by atoms with E-state index >= 15 is 0 Å². The smallest absolute Gasteiger partial charge is 0.159 e. The van der Waals surface area contributed by atoms with Crippen molar-refractivity contribution in [2.24, 2.45) is 0 Å². The Balaban J connectivity index is 1.94. The Kier molecular flexibility index (Phi) is 3.39. The third kappa shape index (κ3) is 2.76. The Morgan fingerprint density at radius 2 is 1.81 bits per heavy atom. The molecule has 0 radical (unpaired) electrons. The first kappa shape index (κ1) is 13.3. The summed E-state index contributed by atoms with van der Waals surface area (Å²) < 4.78 is 1.82. The molecule has 1 aromatic carbocycles. The second kappa shape index (κ2) is 5.36. The van der Waals surface area contributed by atoms with Crippen molar-refractivity contribution in [2.45, 2.75) is 20.8 Å². The molecule has 0 saturated heterocycles. The van der Waals surface area contributed by atoms with Crippen LogP contribution in [0.1, 0.15) is 17.0 Å². The Labute approximate surface area is 123 Å². The molecule has 0 spiro atoms. The van der Waals surface area contributed by atoms with E-state index in [-0.39, 0.29) is 0 Å². The minimum atomic E-state index is 0.752. The predicted molar refractivity (Wildman–Crippen MR) is 83.1 cm³/mol. The van der Waals surface area contributed by atoms with Crippen molar-refractivity contribution < 1.29 is 0 Å². The number of rotatable bonds is 3. The Bertz CT molecular complexity index is 776. The standard InChI is InChI=1S/C16H17N5/c1-11-6-4-5-7-14(11)19-15-9-16(18-10-17-15)21-13(3)8-12(2)20-21/h4-10H,1-3H3,(H,17,18,19). The molecule has 0 aliphatic carbocycles. The summed E-state index contributed by atoms with van der Waals surface area (Å²) in [5.74, 6) is 1.51. The first-order chi connectivity index (χ1) is 10.1. The second-order valence-electron chi connectivity index (χ2n) is 5.04. The van der Waals surface area contributed by atoms with E-state index in [1.807, 2.05) is 48.9 Å². The minimum Gasteiger partial charge on any atom is -0.340 e. The maximum Gasteiger partial charge on any atom is 0.159 e. The van der Waals surface area contributed by atoms with Crippen LogP contribution in [0.4, 0.5) is 11.5 Å². The van der Waals surface area contributed by atoms with Gasteiger partial charge in [-0.2, -0.15) is 5.10 Å². The lowest BCUT2D eigenvalue weighted by Gasteiger charge is -2.09. The highest BCUT2D eigenvalue weighted by molar-refractivity contribution is 5.60. The molecule has 106 valence electrons. The van der Waals surface area contributed by atoms with Gasteiger partial charge in [0.25, 0.3) is 0 Å². The van der Waals surface area contributed by atoms with Crippen LogP contribution in [0.3, 0.4) is 0 Å². The van der Waals surface area contributed by atoms with Gasteiger partial charge >= 0.3 is 0 Å². The summed E-state index contributed by atoms with van der Waals surface area (Å²) in [6, 6.07) is 12.0. The van der Waals surface area contributed by atoms with Gasteiger partial charge in [-0.15, -0.1) is 0 Å². The maximum absolute atomic E-state index is 4.44. The van der Waals surface area contributed by atoms with Gasteiger partial charge in [0.2, 0.25) is 0 Å². The fourth-order valence-corrected chi connectivity index (χ4v) is 2.24. The van der Waals surface area contributed by atoms with Crippen LogP contribution in [0.15, 0.2) is 42.7 Å². The van der Waals surface area contributed by atoms with Crippen LogP contribution in [0.25, 0.3) is 5.82 Å². The normalized spacial score (nSPS) is 10.6. The summed E-state index contributed by atoms with van der Waals surface area (Å²) in [7, 11) is 0. The zero-order valence-corrected chi connectivity index (χ0v) is 12.3. The molecule has 0 aliphatic rings. The Morgan fingerprint density at radius 1 is 1.00 bits per heavy atom. The van der Waals surface area contributed by atoms with Gasteiger partial charge in [0, 0.05) is 17.4 Å². The zero-order chi connectivity index (χ0) is 14.8. The van der Waals surface area contributed by atoms with Gasteiger partial charge in [0.1, 0.15) is 12.1 Å². The molecular weight excluding hydrogens is 262 g/mol. The molecule has 21 heavy (non-hydrogen) atoms. The molecule has 0 unspecified atom stereocenters. The topological polar surface area (TPSA) is 55.6 Å². The highest BCUT2D eigenvalue weighted by Gasteiger charge is 2.07. The number of hydrogen-bond donors (Lipinski definition) is 1. The monoisotopic (exact) mass is 279 g/mol. The van der Waals surface area contributed by atoms with E-state index in [2.05, 4.69) is 33.4 Å². The number of para-hydroxylation sites is 1. The molecule has 1 N–H and O–H groups in total. The summed E-state index contributed by atoms with van der Waals surface area (Å²) in [6.07, 6.45) is 1.55. The van der Waals surface area contributed by atoms with E-state index in [1.54, 1.807) is 6.33 Å². The number of aromatic nitrogens is 4. The Morgan fingerprint density at radius 3 is 2.52 bits per heavy atom. The van der Waals surface area contributed by atoms with Gasteiger partial charge in [-0.1, -0.05) is 18.2 Å². The van der Waals surface area contributed by atoms with Crippen LogP contribution in [0.5, 0.6) is 0 Å². The molecule has 0 saturated carbocycles. The number of aryl methyl sites for hydroxylation is 3. The molecule has 0 amide bonds. The molecule has 0 bridgehead atoms. The quantitative estimate of drug-likeness (QED) is 0.799. The molecule has 2 heterocycles. The molecule has 0 atom stereocenters. The average Bonchev–Trinajstić information content (AvgIpc) is 2.81. The number of benzene rings is 1. The molecular formula is C16H17N5. The zero-order valence-electron chi connectivity index (χ0n) is 12.3. The third-order valence-corrected chi connectivity index (χ3v) is 3.29. The first-order valence-electron chi connectivity index (χ1n) is 6.82. The van der Waals surface area contributed by atoms with Crippen molar-refractivity contribution in [1.29, 1.82) is 0 Å². The van der Waals surface area contributed by atoms with Crippen molar-refractivity contribution in [1.82, 2.24) is 19.7 Å². The predicted octanol–water partition coefficient (Wildman–Crippen LogP) is 3.33. The number of nitrogens with zero attached hydrogens (tertiary/aromatic N) is 4. The van der Waals surface area contributed by atoms with E-state index in [4.69, 9.17) is 0 Å². The SMILES string of the molecule is Cc1cc(C)n(-c2cc(Nc3ccccc3C)ncn2)n1. The minimum absolute atomic E-state index is 0.752. The number of hydrogen-bond acceptors (Lipinski definition) is 4. The third-order valence-electron chi connectivity index (χ3n) is 3.29. The maximum atomic E-state index is 4.44. The first-order valence-corrected chi connectivity index (χ1v) is 6.82. The molecule has 2 aromatic heterocycles. The fourth-order valence-electron chi connectivity index (χ4n) is 2.24. The lowest BCUT2D eigenvalue weighted by Crippen LogP contribution is -2.04. The highest BCUT2D eigenvalue weighted by atomic mass is 15.3. The van der Waals surface area contributed by atoms with Gasteiger partial charge in [-0.25, -0.2) is 14.6 Å². The van der Waals surface area contributed by atoms with Crippen LogP contribution in [-0.2, 0) is 0 Å². The van der Waals surface area contributed by atoms with Crippen molar-refractivity contribution >= 4 is 11.5 Å². The fraction of sp³-hybridized carbons (Fsp3) is 0.188. The second-order valence-corrected chi connectivity index (χ2v) is 5.04. The van der Waals surface area contributed by atoms with Crippen LogP contribution >= 0.6 is 0 Å². The van der Waals surface area contributed by atoms with Gasteiger partial charge in [-0.3, -0.25) is 0 Å². The molecule has 5 nitrogen and oxygen atoms in total. The molecule has 0 aliphatic heterocycles. The van der Waals surface area contributed by atoms with E-state index in [0.717, 1.165) is 28.7 Å². The van der Waals surface area contributed by atoms with E-state index in [1.165, 1.54) is 5.56 Å². The summed E-state index contributed by atoms with van der Waals surface area (Å²) in [6.45, 7) is 6.04. The van der Waals surface area contributed by atoms with E-state index < -0.39 is 0 Å². The van der Waals surface area contributed by atoms with Crippen LogP contribution in [0.2, 0.25) is 0 Å². The lowest BCUT2D eigenvalue weighted by molar-refractivity contribution is 0.801. The van der Waals surface area contributed by atoms with Crippen LogP contribution in [0, 0.1) is 20.8 Å². The van der Waals surface area contributed by atoms with Gasteiger partial charge in [0.05, 0.1) is 5.69 Å². The van der Waals surface area contributed by atoms with Crippen molar-refractivity contribution in [3.05, 3.63) is 59.7 Å². The number of anilines is 2. The van der Waals surface area contributed by atoms with Crippen LogP contribution in [-0.4, -0.2) is 19.7 Å². The average molecular weight is 279 g/mol. The van der Waals surface area contributed by atoms with Gasteiger partial charge < -0.3 is 5.32 Å². The Hall–Kier alpha value is -2.69. The number of nitrogens with one attached hydrogen (secondary N) is 1. The molecule has 3 aromatic rings. The van der Waals surface area contributed by atoms with Crippen LogP contribution < -0.4 is 5.32 Å². The summed E-state index contributed by atoms with van der Waals surface area (Å²) in [5, 5.41) is 7.76. The van der Waals surface area contributed by atoms with Gasteiger partial charge in [0.15, 0.2) is 5.82 Å². The molecule has 0 fully saturated rings. The van der Waals surface area contributed by atoms with Gasteiger partial charge in [-0.05, 0) is 38.5 Å². The van der Waals surface area contributed by atoms with E-state index in [9.17, 15) is 0 Å². The van der Waals surface area contributed by atoms with Crippen molar-refractivity contribution in [2.75, 3.05) is 5.32 Å². The summed E-state index contributed by atoms with van der Waals surface area (Å²) >= 11 is 0. The van der Waals surface area contributed by atoms with E-state index in [0.29, 0.717) is 0 Å². The molecule has 3 rings (SSSR count). The van der Waals surface area contributed by atoms with Crippen molar-refractivity contribution in [3.63, 3.8) is 0 Å². The largest absolute Gasteiger partial charge is 0.340 e. The highest BCUT2D eigenvalue weighted by Crippen LogP contribution is 2.19. The molecule has 5 heteroatoms. The lowest BCUT2D eigenvalue weighted by atomic mass is 10.2. The summed E-state index contributed by atoms with van der Waals surface area (Å²) in [5.41, 5.74) is 4.23. The summed E-state index contributed by atoms with van der Waals surface area (Å²) in [4.78, 5) is 8.57. The van der Waals surface area contributed by atoms with Crippen molar-refractivity contribution in [3.8, 4) is 5.82 Å².